The van der Waals surface area contributed by atoms with Gasteiger partial charge in [-0.05, 0) is 89.9 Å². The molecule has 3 rings (SSSR count). The zero-order valence-corrected chi connectivity index (χ0v) is 37.7. The first kappa shape index (κ1) is 66.2. The van der Waals surface area contributed by atoms with Crippen molar-refractivity contribution in [1.82, 2.24) is 16.0 Å². The minimum atomic E-state index is -0.660. The van der Waals surface area contributed by atoms with Crippen LogP contribution in [0.15, 0.2) is 138 Å². The van der Waals surface area contributed by atoms with Crippen LogP contribution in [0.2, 0.25) is 0 Å². The van der Waals surface area contributed by atoms with Crippen LogP contribution in [0.4, 0.5) is 0 Å². The zero-order chi connectivity index (χ0) is 44.6. The fourth-order valence-electron chi connectivity index (χ4n) is 4.31. The Morgan fingerprint density at radius 2 is 0.952 bits per heavy atom. The molecule has 0 heterocycles. The standard InChI is InChI=1S/C15H19NO3.C15H17NO3.C14H17NO3.C3H7.3CH4.Rh/c2*1-11(2)9-10-13(15(18)19-3)16-14(17)12-7-5-4-6-8-12;1-3-4-10-12(14(17)18-2)15-13(16)11-8-6-5-7-9-11;1-3-2;;;;/h4-9,13H,10H2,1-3H3,(H,16,17);4-10H,1-3H3,(H,16,17);3-9,12H,10H2,1-2H3,(H,15,16);1,3H2,2H3;3*1H4;/q;;;-1;;;;/b;13-10-;;;;;;/t13-;;12-;;;;;/m0.0...../s1. The Labute approximate surface area is 390 Å². The van der Waals surface area contributed by atoms with E-state index >= 15 is 0 Å². The second kappa shape index (κ2) is 40.2. The van der Waals surface area contributed by atoms with Crippen molar-refractivity contribution in [3.63, 3.8) is 0 Å². The van der Waals surface area contributed by atoms with E-state index in [1.807, 2.05) is 78.0 Å². The van der Waals surface area contributed by atoms with Crippen molar-refractivity contribution in [2.45, 2.75) is 95.2 Å². The van der Waals surface area contributed by atoms with E-state index < -0.39 is 30.0 Å². The molecule has 0 aromatic heterocycles. The number of amides is 3. The van der Waals surface area contributed by atoms with Gasteiger partial charge in [-0.15, -0.1) is 0 Å². The molecular weight excluding hydrogens is 889 g/mol. The summed E-state index contributed by atoms with van der Waals surface area (Å²) in [7, 11) is 3.89. The molecule has 0 aliphatic carbocycles. The molecular formula is C50H72N3O9Rh-. The van der Waals surface area contributed by atoms with Crippen molar-refractivity contribution in [2.75, 3.05) is 21.3 Å². The summed E-state index contributed by atoms with van der Waals surface area (Å²) in [6.07, 6.45) is 10.6. The minimum Gasteiger partial charge on any atom is -0.467 e. The minimum absolute atomic E-state index is 0. The molecule has 0 aliphatic rings. The molecule has 63 heavy (non-hydrogen) atoms. The van der Waals surface area contributed by atoms with Crippen molar-refractivity contribution < 1.29 is 62.5 Å². The van der Waals surface area contributed by atoms with Crippen molar-refractivity contribution >= 4 is 35.6 Å². The molecule has 0 spiro atoms. The molecule has 0 unspecified atom stereocenters. The van der Waals surface area contributed by atoms with E-state index in [4.69, 9.17) is 4.74 Å². The maximum atomic E-state index is 12.0. The van der Waals surface area contributed by atoms with Gasteiger partial charge in [-0.2, -0.15) is 6.42 Å². The van der Waals surface area contributed by atoms with E-state index in [1.165, 1.54) is 27.4 Å². The van der Waals surface area contributed by atoms with E-state index in [2.05, 4.69) is 32.3 Å². The van der Waals surface area contributed by atoms with Crippen LogP contribution in [0, 0.1) is 6.92 Å². The third-order valence-electron chi connectivity index (χ3n) is 7.30. The molecule has 3 aromatic carbocycles. The van der Waals surface area contributed by atoms with E-state index in [-0.39, 0.29) is 65.2 Å². The summed E-state index contributed by atoms with van der Waals surface area (Å²) in [5.74, 6) is -2.38. The summed E-state index contributed by atoms with van der Waals surface area (Å²) >= 11 is 0. The SMILES string of the molecule is C.C.C.CC=CC[C@H](NC(=O)c1ccccc1)C(=O)OC.COC(=O)/C(=C/C=C(C)C)NC(=O)c1ccccc1.COC(=O)[C@H](CC=C(C)C)NC(=O)c1ccccc1.[CH2-]CC.[Rh]. The van der Waals surface area contributed by atoms with Gasteiger partial charge in [0.1, 0.15) is 17.8 Å². The number of rotatable bonds is 14. The quantitative estimate of drug-likeness (QED) is 0.0271. The Kier molecular flexibility index (Phi) is 42.2. The number of carbonyl (C=O) groups is 6. The molecule has 3 N–H and O–H groups in total. The van der Waals surface area contributed by atoms with E-state index in [9.17, 15) is 28.8 Å². The fraction of sp³-hybridized carbons (Fsp3) is 0.340. The third-order valence-corrected chi connectivity index (χ3v) is 7.30. The van der Waals surface area contributed by atoms with Crippen LogP contribution >= 0.6 is 0 Å². The van der Waals surface area contributed by atoms with Crippen LogP contribution < -0.4 is 16.0 Å². The Hall–Kier alpha value is -5.94. The predicted octanol–water partition coefficient (Wildman–Crippen LogP) is 9.81. The smallest absolute Gasteiger partial charge is 0.354 e. The number of carbonyl (C=O) groups excluding carboxylic acids is 6. The van der Waals surface area contributed by atoms with Crippen LogP contribution in [-0.4, -0.2) is 69.0 Å². The number of allylic oxidation sites excluding steroid dienone is 5. The molecule has 0 saturated carbocycles. The van der Waals surface area contributed by atoms with Gasteiger partial charge in [-0.3, -0.25) is 14.4 Å². The molecule has 0 aliphatic heterocycles. The topological polar surface area (TPSA) is 166 Å². The summed E-state index contributed by atoms with van der Waals surface area (Å²) < 4.78 is 14.0. The first-order chi connectivity index (χ1) is 28.2. The number of ether oxygens (including phenoxy) is 3. The molecule has 12 nitrogen and oxygen atoms in total. The number of benzene rings is 3. The van der Waals surface area contributed by atoms with Crippen LogP contribution in [-0.2, 0) is 48.1 Å². The second-order valence-corrected chi connectivity index (χ2v) is 12.8. The number of methoxy groups -OCH3 is 3. The number of hydrogen-bond acceptors (Lipinski definition) is 9. The van der Waals surface area contributed by atoms with Crippen LogP contribution in [0.25, 0.3) is 0 Å². The van der Waals surface area contributed by atoms with Crippen molar-refractivity contribution in [2.24, 2.45) is 0 Å². The predicted molar refractivity (Wildman–Crippen MR) is 252 cm³/mol. The zero-order valence-electron chi connectivity index (χ0n) is 36.0. The Bertz CT molecular complexity index is 1850. The summed E-state index contributed by atoms with van der Waals surface area (Å²) in [6.45, 7) is 15.0. The monoisotopic (exact) mass is 961 g/mol. The molecule has 0 bridgehead atoms. The summed E-state index contributed by atoms with van der Waals surface area (Å²) in [5.41, 5.74) is 3.73. The largest absolute Gasteiger partial charge is 0.467 e. The molecule has 351 valence electrons. The first-order valence-electron chi connectivity index (χ1n) is 18.9. The van der Waals surface area contributed by atoms with Gasteiger partial charge in [0.05, 0.1) is 21.3 Å². The van der Waals surface area contributed by atoms with Crippen LogP contribution in [0.5, 0.6) is 0 Å². The second-order valence-electron chi connectivity index (χ2n) is 12.8. The first-order valence-corrected chi connectivity index (χ1v) is 18.9. The Balaban J connectivity index is -0.000000251. The van der Waals surface area contributed by atoms with Gasteiger partial charge in [0.2, 0.25) is 0 Å². The molecule has 0 saturated heterocycles. The molecule has 13 heteroatoms. The molecule has 3 amide bonds. The van der Waals surface area contributed by atoms with Crippen molar-refractivity contribution in [3.8, 4) is 0 Å². The molecule has 3 aromatic rings. The average Bonchev–Trinajstić information content (AvgIpc) is 3.25. The Morgan fingerprint density at radius 3 is 1.27 bits per heavy atom. The summed E-state index contributed by atoms with van der Waals surface area (Å²) in [4.78, 5) is 70.5. The summed E-state index contributed by atoms with van der Waals surface area (Å²) in [6, 6.07) is 24.9. The van der Waals surface area contributed by atoms with Gasteiger partial charge >= 0.3 is 17.9 Å². The van der Waals surface area contributed by atoms with Gasteiger partial charge in [0.15, 0.2) is 0 Å². The third kappa shape index (κ3) is 29.9. The Morgan fingerprint density at radius 1 is 0.587 bits per heavy atom. The molecule has 0 fully saturated rings. The van der Waals surface area contributed by atoms with Gasteiger partial charge in [0.25, 0.3) is 17.7 Å². The van der Waals surface area contributed by atoms with Crippen LogP contribution in [0.1, 0.15) is 114 Å². The number of hydrogen-bond donors (Lipinski definition) is 3. The average molecular weight is 962 g/mol. The van der Waals surface area contributed by atoms with Crippen molar-refractivity contribution in [3.05, 3.63) is 162 Å². The van der Waals surface area contributed by atoms with Gasteiger partial charge < -0.3 is 37.1 Å². The molecule has 2 atom stereocenters. The van der Waals surface area contributed by atoms with Gasteiger partial charge in [-0.1, -0.05) is 119 Å². The van der Waals surface area contributed by atoms with E-state index in [0.29, 0.717) is 29.5 Å². The number of nitrogens with one attached hydrogen (secondary N) is 3. The van der Waals surface area contributed by atoms with Gasteiger partial charge in [-0.25, -0.2) is 14.4 Å². The molecule has 1 radical (unpaired) electrons. The van der Waals surface area contributed by atoms with Crippen LogP contribution in [0.3, 0.4) is 0 Å². The van der Waals surface area contributed by atoms with E-state index in [0.717, 1.165) is 17.6 Å². The normalized spacial score (nSPS) is 10.3. The van der Waals surface area contributed by atoms with Crippen molar-refractivity contribution in [1.29, 1.82) is 0 Å². The maximum absolute atomic E-state index is 12.0. The van der Waals surface area contributed by atoms with Gasteiger partial charge in [0, 0.05) is 36.2 Å². The number of esters is 3. The maximum Gasteiger partial charge on any atom is 0.354 e. The van der Waals surface area contributed by atoms with E-state index in [1.54, 1.807) is 78.9 Å². The summed E-state index contributed by atoms with van der Waals surface area (Å²) in [5, 5.41) is 7.88. The fourth-order valence-corrected chi connectivity index (χ4v) is 4.31.